The quantitative estimate of drug-likeness (QED) is 0.431. The summed E-state index contributed by atoms with van der Waals surface area (Å²) in [6.07, 6.45) is 4.07. The molecular formula is C23H25BrN4O3. The van der Waals surface area contributed by atoms with E-state index in [-0.39, 0.29) is 17.7 Å². The first-order chi connectivity index (χ1) is 14.8. The molecule has 1 fully saturated rings. The van der Waals surface area contributed by atoms with Crippen LogP contribution in [0, 0.1) is 13.8 Å². The van der Waals surface area contributed by atoms with Crippen LogP contribution in [-0.4, -0.2) is 47.2 Å². The first kappa shape index (κ1) is 21.4. The van der Waals surface area contributed by atoms with Gasteiger partial charge in [-0.05, 0) is 56.5 Å². The molecule has 0 radical (unpaired) electrons. The number of fused-ring (bicyclic) bond motifs is 1. The second-order valence-corrected chi connectivity index (χ2v) is 8.88. The van der Waals surface area contributed by atoms with Crippen molar-refractivity contribution < 1.29 is 14.4 Å². The first-order valence-corrected chi connectivity index (χ1v) is 11.2. The molecule has 8 heteroatoms. The van der Waals surface area contributed by atoms with Gasteiger partial charge in [0, 0.05) is 53.2 Å². The third-order valence-electron chi connectivity index (χ3n) is 5.82. The number of H-pyrrole nitrogens is 1. The number of benzene rings is 1. The minimum Gasteiger partial charge on any atom is -0.358 e. The van der Waals surface area contributed by atoms with E-state index in [4.69, 9.17) is 0 Å². The molecule has 2 aliphatic heterocycles. The highest BCUT2D eigenvalue weighted by molar-refractivity contribution is 9.10. The Morgan fingerprint density at radius 3 is 2.84 bits per heavy atom. The van der Waals surface area contributed by atoms with Gasteiger partial charge in [0.15, 0.2) is 0 Å². The minimum absolute atomic E-state index is 0.150. The maximum absolute atomic E-state index is 12.8. The smallest absolute Gasteiger partial charge is 0.256 e. The van der Waals surface area contributed by atoms with Crippen LogP contribution in [0.25, 0.3) is 11.6 Å². The van der Waals surface area contributed by atoms with Gasteiger partial charge in [0.05, 0.1) is 11.1 Å². The molecule has 7 nitrogen and oxygen atoms in total. The molecule has 0 unspecified atom stereocenters. The molecule has 1 aromatic carbocycles. The van der Waals surface area contributed by atoms with Crippen molar-refractivity contribution in [1.82, 2.24) is 15.2 Å². The summed E-state index contributed by atoms with van der Waals surface area (Å²) in [5.41, 5.74) is 5.05. The number of amides is 3. The van der Waals surface area contributed by atoms with Gasteiger partial charge in [-0.3, -0.25) is 14.4 Å². The largest absolute Gasteiger partial charge is 0.358 e. The number of hydrogen-bond acceptors (Lipinski definition) is 3. The lowest BCUT2D eigenvalue weighted by molar-refractivity contribution is -0.127. The van der Waals surface area contributed by atoms with Crippen LogP contribution in [0.15, 0.2) is 22.7 Å². The standard InChI is InChI=1S/C23H25BrN4O3/c1-13-19(12-17-16-11-15(24)6-7-18(16)27-22(17)30)26-14(2)21(13)23(31)25-8-4-10-28-9-3-5-20(28)29/h6-7,11-12,26H,3-5,8-10H2,1-2H3,(H,25,31)(H,27,30). The zero-order valence-electron chi connectivity index (χ0n) is 17.6. The number of carbonyl (C=O) groups is 3. The van der Waals surface area contributed by atoms with Crippen LogP contribution in [0.4, 0.5) is 5.69 Å². The second kappa shape index (κ2) is 8.70. The van der Waals surface area contributed by atoms with Crippen molar-refractivity contribution in [1.29, 1.82) is 0 Å². The molecule has 3 heterocycles. The fraction of sp³-hybridized carbons (Fsp3) is 0.348. The molecular weight excluding hydrogens is 460 g/mol. The molecule has 31 heavy (non-hydrogen) atoms. The molecule has 0 atom stereocenters. The molecule has 0 spiro atoms. The molecule has 0 saturated carbocycles. The summed E-state index contributed by atoms with van der Waals surface area (Å²) in [7, 11) is 0. The zero-order chi connectivity index (χ0) is 22.1. The number of aryl methyl sites for hydroxylation is 1. The van der Waals surface area contributed by atoms with E-state index in [1.165, 1.54) is 0 Å². The number of halogens is 1. The highest BCUT2D eigenvalue weighted by Crippen LogP contribution is 2.35. The molecule has 0 aliphatic carbocycles. The molecule has 0 bridgehead atoms. The fourth-order valence-corrected chi connectivity index (χ4v) is 4.57. The van der Waals surface area contributed by atoms with E-state index < -0.39 is 0 Å². The van der Waals surface area contributed by atoms with Gasteiger partial charge in [0.25, 0.3) is 11.8 Å². The highest BCUT2D eigenvalue weighted by atomic mass is 79.9. The van der Waals surface area contributed by atoms with Crippen LogP contribution in [0.1, 0.15) is 52.1 Å². The van der Waals surface area contributed by atoms with E-state index in [1.54, 1.807) is 6.08 Å². The highest BCUT2D eigenvalue weighted by Gasteiger charge is 2.26. The maximum Gasteiger partial charge on any atom is 0.256 e. The Kier molecular flexibility index (Phi) is 6.00. The summed E-state index contributed by atoms with van der Waals surface area (Å²) < 4.78 is 0.892. The van der Waals surface area contributed by atoms with Crippen molar-refractivity contribution in [3.8, 4) is 0 Å². The van der Waals surface area contributed by atoms with Crippen molar-refractivity contribution in [3.63, 3.8) is 0 Å². The Hall–Kier alpha value is -2.87. The van der Waals surface area contributed by atoms with Crippen LogP contribution < -0.4 is 10.6 Å². The summed E-state index contributed by atoms with van der Waals surface area (Å²) in [5, 5.41) is 5.83. The monoisotopic (exact) mass is 484 g/mol. The van der Waals surface area contributed by atoms with E-state index in [2.05, 4.69) is 31.5 Å². The summed E-state index contributed by atoms with van der Waals surface area (Å²) in [6, 6.07) is 5.65. The average molecular weight is 485 g/mol. The lowest BCUT2D eigenvalue weighted by Crippen LogP contribution is -2.31. The van der Waals surface area contributed by atoms with E-state index in [9.17, 15) is 14.4 Å². The number of rotatable bonds is 6. The predicted molar refractivity (Wildman–Crippen MR) is 124 cm³/mol. The summed E-state index contributed by atoms with van der Waals surface area (Å²) >= 11 is 3.45. The summed E-state index contributed by atoms with van der Waals surface area (Å²) in [5.74, 6) is -0.115. The number of nitrogens with one attached hydrogen (secondary N) is 3. The number of anilines is 1. The summed E-state index contributed by atoms with van der Waals surface area (Å²) in [4.78, 5) is 42.0. The SMILES string of the molecule is Cc1[nH]c(C=C2C(=O)Nc3ccc(Br)cc32)c(C)c1C(=O)NCCCN1CCCC1=O. The average Bonchev–Trinajstić information content (AvgIpc) is 3.35. The number of aromatic amines is 1. The number of likely N-dealkylation sites (tertiary alicyclic amines) is 1. The van der Waals surface area contributed by atoms with Gasteiger partial charge in [0.2, 0.25) is 5.91 Å². The van der Waals surface area contributed by atoms with Crippen LogP contribution in [-0.2, 0) is 9.59 Å². The molecule has 162 valence electrons. The van der Waals surface area contributed by atoms with Crippen molar-refractivity contribution in [2.75, 3.05) is 25.0 Å². The number of carbonyl (C=O) groups excluding carboxylic acids is 3. The fourth-order valence-electron chi connectivity index (χ4n) is 4.21. The molecule has 3 amide bonds. The molecule has 2 aliphatic rings. The van der Waals surface area contributed by atoms with E-state index in [0.717, 1.165) is 52.1 Å². The van der Waals surface area contributed by atoms with E-state index >= 15 is 0 Å². The summed E-state index contributed by atoms with van der Waals surface area (Å²) in [6.45, 7) is 5.72. The Balaban J connectivity index is 1.47. The van der Waals surface area contributed by atoms with Crippen molar-refractivity contribution in [2.45, 2.75) is 33.1 Å². The second-order valence-electron chi connectivity index (χ2n) is 7.96. The Bertz CT molecular complexity index is 1100. The lowest BCUT2D eigenvalue weighted by Gasteiger charge is -2.15. The van der Waals surface area contributed by atoms with Crippen LogP contribution >= 0.6 is 15.9 Å². The van der Waals surface area contributed by atoms with Gasteiger partial charge in [-0.25, -0.2) is 0 Å². The van der Waals surface area contributed by atoms with Gasteiger partial charge >= 0.3 is 0 Å². The van der Waals surface area contributed by atoms with Crippen molar-refractivity contribution in [3.05, 3.63) is 50.8 Å². The first-order valence-electron chi connectivity index (χ1n) is 10.4. The Morgan fingerprint density at radius 1 is 1.29 bits per heavy atom. The molecule has 4 rings (SSSR count). The topological polar surface area (TPSA) is 94.3 Å². The number of hydrogen-bond donors (Lipinski definition) is 3. The molecule has 1 aromatic heterocycles. The third-order valence-corrected chi connectivity index (χ3v) is 6.31. The van der Waals surface area contributed by atoms with Crippen LogP contribution in [0.2, 0.25) is 0 Å². The normalized spacial score (nSPS) is 16.7. The van der Waals surface area contributed by atoms with Gasteiger partial charge in [-0.2, -0.15) is 0 Å². The predicted octanol–water partition coefficient (Wildman–Crippen LogP) is 3.63. The number of aromatic nitrogens is 1. The maximum atomic E-state index is 12.8. The van der Waals surface area contributed by atoms with Gasteiger partial charge in [-0.1, -0.05) is 15.9 Å². The van der Waals surface area contributed by atoms with Crippen molar-refractivity contribution in [2.24, 2.45) is 0 Å². The molecule has 2 aromatic rings. The third kappa shape index (κ3) is 4.30. The van der Waals surface area contributed by atoms with Gasteiger partial charge in [0.1, 0.15) is 0 Å². The molecule has 1 saturated heterocycles. The van der Waals surface area contributed by atoms with Crippen LogP contribution in [0.3, 0.4) is 0 Å². The van der Waals surface area contributed by atoms with E-state index in [0.29, 0.717) is 30.6 Å². The molecule has 3 N–H and O–H groups in total. The van der Waals surface area contributed by atoms with Crippen molar-refractivity contribution >= 4 is 51.0 Å². The van der Waals surface area contributed by atoms with Crippen LogP contribution in [0.5, 0.6) is 0 Å². The minimum atomic E-state index is -0.165. The Labute approximate surface area is 189 Å². The van der Waals surface area contributed by atoms with E-state index in [1.807, 2.05) is 36.9 Å². The van der Waals surface area contributed by atoms with Gasteiger partial charge in [-0.15, -0.1) is 0 Å². The zero-order valence-corrected chi connectivity index (χ0v) is 19.2. The number of nitrogens with zero attached hydrogens (tertiary/aromatic N) is 1. The van der Waals surface area contributed by atoms with Gasteiger partial charge < -0.3 is 20.5 Å². The lowest BCUT2D eigenvalue weighted by atomic mass is 10.0. The Morgan fingerprint density at radius 2 is 2.10 bits per heavy atom.